The molecule has 1 aromatic heterocycles. The van der Waals surface area contributed by atoms with Gasteiger partial charge in [0.15, 0.2) is 0 Å². The Morgan fingerprint density at radius 2 is 2.18 bits per heavy atom. The number of ether oxygens (including phenoxy) is 1. The van der Waals surface area contributed by atoms with Crippen molar-refractivity contribution in [1.82, 2.24) is 5.32 Å². The van der Waals surface area contributed by atoms with E-state index in [0.717, 1.165) is 26.3 Å². The van der Waals surface area contributed by atoms with Crippen molar-refractivity contribution in [2.75, 3.05) is 19.8 Å². The molecule has 0 aliphatic carbocycles. The first kappa shape index (κ1) is 15.2. The van der Waals surface area contributed by atoms with E-state index in [2.05, 4.69) is 39.6 Å². The number of hydrogen-bond donors (Lipinski definition) is 1. The first-order valence-electron chi connectivity index (χ1n) is 6.34. The molecule has 17 heavy (non-hydrogen) atoms. The third-order valence-corrected chi connectivity index (χ3v) is 4.18. The quantitative estimate of drug-likeness (QED) is 0.653. The average molecular weight is 320 g/mol. The van der Waals surface area contributed by atoms with Gasteiger partial charge in [-0.15, -0.1) is 11.3 Å². The molecule has 0 fully saturated rings. The molecule has 1 heterocycles. The topological polar surface area (TPSA) is 21.3 Å². The maximum absolute atomic E-state index is 5.56. The van der Waals surface area contributed by atoms with Crippen molar-refractivity contribution in [2.24, 2.45) is 0 Å². The fourth-order valence-corrected chi connectivity index (χ4v) is 2.96. The highest BCUT2D eigenvalue weighted by Crippen LogP contribution is 2.19. The van der Waals surface area contributed by atoms with E-state index in [0.29, 0.717) is 0 Å². The van der Waals surface area contributed by atoms with Crippen LogP contribution in [0.15, 0.2) is 15.9 Å². The van der Waals surface area contributed by atoms with E-state index in [1.807, 2.05) is 0 Å². The largest absolute Gasteiger partial charge is 0.380 e. The minimum absolute atomic E-state index is 0.818. The number of hydrogen-bond acceptors (Lipinski definition) is 3. The Bertz CT molecular complexity index is 291. The van der Waals surface area contributed by atoms with Crippen LogP contribution < -0.4 is 5.32 Å². The second-order valence-electron chi connectivity index (χ2n) is 4.08. The van der Waals surface area contributed by atoms with Crippen molar-refractivity contribution < 1.29 is 4.74 Å². The molecule has 0 aliphatic heterocycles. The Balaban J connectivity index is 1.84. The highest BCUT2D eigenvalue weighted by molar-refractivity contribution is 9.10. The average Bonchev–Trinajstić information content (AvgIpc) is 2.73. The maximum atomic E-state index is 5.56. The van der Waals surface area contributed by atoms with E-state index in [-0.39, 0.29) is 0 Å². The van der Waals surface area contributed by atoms with Crippen molar-refractivity contribution in [1.29, 1.82) is 0 Å². The molecule has 0 unspecified atom stereocenters. The van der Waals surface area contributed by atoms with Gasteiger partial charge in [0.25, 0.3) is 0 Å². The van der Waals surface area contributed by atoms with E-state index >= 15 is 0 Å². The van der Waals surface area contributed by atoms with Gasteiger partial charge in [-0.25, -0.2) is 0 Å². The first-order chi connectivity index (χ1) is 8.33. The molecule has 0 spiro atoms. The lowest BCUT2D eigenvalue weighted by Crippen LogP contribution is -2.18. The summed E-state index contributed by atoms with van der Waals surface area (Å²) in [5.74, 6) is 0. The highest BCUT2D eigenvalue weighted by Gasteiger charge is 1.96. The molecule has 1 rings (SSSR count). The Kier molecular flexibility index (Phi) is 8.97. The van der Waals surface area contributed by atoms with E-state index in [1.54, 1.807) is 11.3 Å². The van der Waals surface area contributed by atoms with Crippen molar-refractivity contribution in [2.45, 2.75) is 39.2 Å². The Labute approximate surface area is 117 Å². The van der Waals surface area contributed by atoms with E-state index in [4.69, 9.17) is 4.74 Å². The summed E-state index contributed by atoms with van der Waals surface area (Å²) >= 11 is 5.23. The lowest BCUT2D eigenvalue weighted by atomic mass is 10.2. The number of halogens is 1. The van der Waals surface area contributed by atoms with Gasteiger partial charge < -0.3 is 10.1 Å². The minimum Gasteiger partial charge on any atom is -0.380 e. The van der Waals surface area contributed by atoms with E-state index in [9.17, 15) is 0 Å². The van der Waals surface area contributed by atoms with Crippen LogP contribution in [0.2, 0.25) is 0 Å². The summed E-state index contributed by atoms with van der Waals surface area (Å²) in [5.41, 5.74) is 0. The van der Waals surface area contributed by atoms with Crippen LogP contribution in [-0.4, -0.2) is 19.8 Å². The van der Waals surface area contributed by atoms with Crippen LogP contribution in [0.1, 0.15) is 37.5 Å². The van der Waals surface area contributed by atoms with Crippen molar-refractivity contribution >= 4 is 27.3 Å². The van der Waals surface area contributed by atoms with Crippen LogP contribution >= 0.6 is 27.3 Å². The van der Waals surface area contributed by atoms with Gasteiger partial charge in [-0.2, -0.15) is 0 Å². The zero-order valence-electron chi connectivity index (χ0n) is 10.5. The molecule has 1 N–H and O–H groups in total. The summed E-state index contributed by atoms with van der Waals surface area (Å²) in [6.45, 7) is 5.83. The summed E-state index contributed by atoms with van der Waals surface area (Å²) in [6.07, 6.45) is 5.12. The Hall–Kier alpha value is 0.1000. The predicted octanol–water partition coefficient (Wildman–Crippen LogP) is 4.20. The van der Waals surface area contributed by atoms with Gasteiger partial charge >= 0.3 is 0 Å². The molecule has 0 bridgehead atoms. The zero-order valence-corrected chi connectivity index (χ0v) is 12.9. The number of nitrogens with one attached hydrogen (secondary N) is 1. The predicted molar refractivity (Wildman–Crippen MR) is 78.7 cm³/mol. The second kappa shape index (κ2) is 10.1. The zero-order chi connectivity index (χ0) is 12.3. The molecule has 0 aromatic carbocycles. The summed E-state index contributed by atoms with van der Waals surface area (Å²) in [5, 5.41) is 5.49. The van der Waals surface area contributed by atoms with Gasteiger partial charge in [-0.3, -0.25) is 0 Å². The monoisotopic (exact) mass is 319 g/mol. The van der Waals surface area contributed by atoms with Crippen LogP contribution in [0.25, 0.3) is 0 Å². The van der Waals surface area contributed by atoms with E-state index in [1.165, 1.54) is 35.0 Å². The van der Waals surface area contributed by atoms with Gasteiger partial charge in [-0.05, 0) is 28.4 Å². The van der Waals surface area contributed by atoms with Gasteiger partial charge in [0, 0.05) is 34.4 Å². The van der Waals surface area contributed by atoms with E-state index < -0.39 is 0 Å². The van der Waals surface area contributed by atoms with Crippen LogP contribution in [0, 0.1) is 0 Å². The van der Waals surface area contributed by atoms with Gasteiger partial charge in [0.1, 0.15) is 0 Å². The summed E-state index contributed by atoms with van der Waals surface area (Å²) in [7, 11) is 0. The van der Waals surface area contributed by atoms with Gasteiger partial charge in [0.2, 0.25) is 0 Å². The highest BCUT2D eigenvalue weighted by atomic mass is 79.9. The van der Waals surface area contributed by atoms with Crippen molar-refractivity contribution in [3.63, 3.8) is 0 Å². The Morgan fingerprint density at radius 3 is 2.88 bits per heavy atom. The molecule has 98 valence electrons. The molecule has 0 amide bonds. The summed E-state index contributed by atoms with van der Waals surface area (Å²) in [6, 6.07) is 2.16. The third-order valence-electron chi connectivity index (χ3n) is 2.49. The summed E-state index contributed by atoms with van der Waals surface area (Å²) < 4.78 is 6.73. The molecule has 4 heteroatoms. The smallest absolute Gasteiger partial charge is 0.0591 e. The molecule has 0 saturated heterocycles. The van der Waals surface area contributed by atoms with Gasteiger partial charge in [0.05, 0.1) is 6.61 Å². The molecule has 0 radical (unpaired) electrons. The van der Waals surface area contributed by atoms with Crippen molar-refractivity contribution in [3.05, 3.63) is 20.8 Å². The van der Waals surface area contributed by atoms with Crippen LogP contribution in [-0.2, 0) is 11.3 Å². The molecular formula is C13H22BrNOS. The molecular weight excluding hydrogens is 298 g/mol. The molecule has 0 aliphatic rings. The summed E-state index contributed by atoms with van der Waals surface area (Å²) in [4.78, 5) is 1.36. The maximum Gasteiger partial charge on any atom is 0.0591 e. The first-order valence-corrected chi connectivity index (χ1v) is 8.01. The minimum atomic E-state index is 0.818. The number of unbranched alkanes of at least 4 members (excludes halogenated alkanes) is 3. The van der Waals surface area contributed by atoms with Crippen LogP contribution in [0.4, 0.5) is 0 Å². The van der Waals surface area contributed by atoms with Crippen LogP contribution in [0.5, 0.6) is 0 Å². The number of thiophene rings is 1. The lowest BCUT2D eigenvalue weighted by Gasteiger charge is -2.05. The number of rotatable bonds is 10. The molecule has 0 atom stereocenters. The second-order valence-corrected chi connectivity index (χ2v) is 5.99. The van der Waals surface area contributed by atoms with Gasteiger partial charge in [-0.1, -0.05) is 26.2 Å². The molecule has 2 nitrogen and oxygen atoms in total. The fourth-order valence-electron chi connectivity index (χ4n) is 1.54. The SMILES string of the molecule is CCCCCCOCCNCc1cc(Br)cs1. The molecule has 1 aromatic rings. The standard InChI is InChI=1S/C13H22BrNOS/c1-2-3-4-5-7-16-8-6-15-10-13-9-12(14)11-17-13/h9,11,15H,2-8,10H2,1H3. The normalized spacial score (nSPS) is 10.9. The van der Waals surface area contributed by atoms with Crippen molar-refractivity contribution in [3.8, 4) is 0 Å². The Morgan fingerprint density at radius 1 is 1.29 bits per heavy atom. The third kappa shape index (κ3) is 7.92. The lowest BCUT2D eigenvalue weighted by molar-refractivity contribution is 0.131. The fraction of sp³-hybridized carbons (Fsp3) is 0.692. The van der Waals surface area contributed by atoms with Crippen LogP contribution in [0.3, 0.4) is 0 Å². The molecule has 0 saturated carbocycles.